The fourth-order valence-corrected chi connectivity index (χ4v) is 3.18. The van der Waals surface area contributed by atoms with Crippen LogP contribution in [0.5, 0.6) is 0 Å². The van der Waals surface area contributed by atoms with Crippen molar-refractivity contribution in [2.45, 2.75) is 33.3 Å². The fourth-order valence-electron chi connectivity index (χ4n) is 3.18. The van der Waals surface area contributed by atoms with E-state index in [1.54, 1.807) is 23.4 Å². The number of aromatic nitrogens is 2. The number of ether oxygens (including phenoxy) is 1. The van der Waals surface area contributed by atoms with E-state index in [9.17, 15) is 10.1 Å². The number of rotatable bonds is 3. The number of amides is 1. The molecule has 2 N–H and O–H groups in total. The molecule has 0 atom stereocenters. The summed E-state index contributed by atoms with van der Waals surface area (Å²) in [6, 6.07) is 7.86. The van der Waals surface area contributed by atoms with Gasteiger partial charge < -0.3 is 20.3 Å². The third-order valence-electron chi connectivity index (χ3n) is 4.58. The number of nitrogens with two attached hydrogens (primary N) is 1. The van der Waals surface area contributed by atoms with Gasteiger partial charge in [0.1, 0.15) is 11.7 Å². The molecule has 0 saturated carbocycles. The van der Waals surface area contributed by atoms with Crippen molar-refractivity contribution in [3.8, 4) is 6.07 Å². The Morgan fingerprint density at radius 3 is 2.57 bits per heavy atom. The Hall–Kier alpha value is -3.54. The van der Waals surface area contributed by atoms with Gasteiger partial charge in [-0.1, -0.05) is 6.07 Å². The van der Waals surface area contributed by atoms with Crippen molar-refractivity contribution in [1.82, 2.24) is 14.6 Å². The fraction of sp³-hybridized carbons (Fsp3) is 0.429. The van der Waals surface area contributed by atoms with E-state index in [4.69, 9.17) is 10.5 Å². The van der Waals surface area contributed by atoms with E-state index in [1.807, 2.05) is 39.8 Å². The molecule has 0 spiro atoms. The second-order valence-corrected chi connectivity index (χ2v) is 8.17. The Morgan fingerprint density at radius 2 is 2.00 bits per heavy atom. The highest BCUT2D eigenvalue weighted by Gasteiger charge is 2.26. The van der Waals surface area contributed by atoms with E-state index >= 15 is 0 Å². The number of piperazine rings is 1. The van der Waals surface area contributed by atoms with Crippen LogP contribution in [0.15, 0.2) is 29.5 Å². The van der Waals surface area contributed by atoms with Gasteiger partial charge in [-0.05, 0) is 45.4 Å². The van der Waals surface area contributed by atoms with Gasteiger partial charge >= 0.3 is 6.09 Å². The standard InChI is InChI=1S/C21H27N7O2/c1-15-14-28(19(23)25-15)24-13-16-5-6-18(17(11-16)12-22)26-7-9-27(10-8-26)20(29)30-21(2,3)4/h5-6,11,13-14H,7-10H2,1-4H3,(H2,23,25). The average Bonchev–Trinajstić information content (AvgIpc) is 3.02. The Labute approximate surface area is 176 Å². The predicted octanol–water partition coefficient (Wildman–Crippen LogP) is 2.58. The number of aryl methyl sites for hydroxylation is 1. The minimum absolute atomic E-state index is 0.303. The van der Waals surface area contributed by atoms with Crippen LogP contribution in [0.4, 0.5) is 16.4 Å². The van der Waals surface area contributed by atoms with Gasteiger partial charge in [-0.3, -0.25) is 0 Å². The predicted molar refractivity (Wildman–Crippen MR) is 116 cm³/mol. The van der Waals surface area contributed by atoms with Crippen molar-refractivity contribution in [2.75, 3.05) is 36.8 Å². The first-order valence-electron chi connectivity index (χ1n) is 9.79. The molecule has 1 saturated heterocycles. The molecule has 0 aliphatic carbocycles. The summed E-state index contributed by atoms with van der Waals surface area (Å²) in [7, 11) is 0. The van der Waals surface area contributed by atoms with Crippen LogP contribution < -0.4 is 10.6 Å². The zero-order valence-electron chi connectivity index (χ0n) is 17.8. The van der Waals surface area contributed by atoms with Crippen molar-refractivity contribution in [3.63, 3.8) is 0 Å². The Morgan fingerprint density at radius 1 is 1.30 bits per heavy atom. The van der Waals surface area contributed by atoms with E-state index < -0.39 is 5.60 Å². The van der Waals surface area contributed by atoms with Gasteiger partial charge in [0.25, 0.3) is 0 Å². The zero-order valence-corrected chi connectivity index (χ0v) is 17.8. The maximum absolute atomic E-state index is 12.2. The quantitative estimate of drug-likeness (QED) is 0.780. The molecule has 9 heteroatoms. The molecule has 0 unspecified atom stereocenters. The number of hydrogen-bond acceptors (Lipinski definition) is 7. The van der Waals surface area contributed by atoms with Crippen molar-refractivity contribution in [1.29, 1.82) is 5.26 Å². The van der Waals surface area contributed by atoms with Crippen LogP contribution in [0.2, 0.25) is 0 Å². The number of anilines is 2. The highest BCUT2D eigenvalue weighted by molar-refractivity contribution is 5.82. The molecule has 9 nitrogen and oxygen atoms in total. The number of carbonyl (C=O) groups excluding carboxylic acids is 1. The van der Waals surface area contributed by atoms with Crippen LogP contribution in [0.3, 0.4) is 0 Å². The first-order chi connectivity index (χ1) is 14.2. The molecule has 3 rings (SSSR count). The second kappa shape index (κ2) is 8.45. The highest BCUT2D eigenvalue weighted by Crippen LogP contribution is 2.23. The summed E-state index contributed by atoms with van der Waals surface area (Å²) in [6.07, 6.45) is 3.07. The lowest BCUT2D eigenvalue weighted by Crippen LogP contribution is -2.50. The lowest BCUT2D eigenvalue weighted by Gasteiger charge is -2.37. The Balaban J connectivity index is 1.68. The maximum atomic E-state index is 12.2. The summed E-state index contributed by atoms with van der Waals surface area (Å²) in [5.74, 6) is 0.309. The molecule has 1 fully saturated rings. The topological polar surface area (TPSA) is 113 Å². The second-order valence-electron chi connectivity index (χ2n) is 8.17. The third kappa shape index (κ3) is 5.08. The monoisotopic (exact) mass is 409 g/mol. The lowest BCUT2D eigenvalue weighted by atomic mass is 10.1. The smallest absolute Gasteiger partial charge is 0.410 e. The number of carbonyl (C=O) groups is 1. The molecule has 2 heterocycles. The molecule has 1 amide bonds. The molecule has 0 bridgehead atoms. The summed E-state index contributed by atoms with van der Waals surface area (Å²) < 4.78 is 6.93. The van der Waals surface area contributed by atoms with Gasteiger partial charge in [-0.2, -0.15) is 10.4 Å². The number of nitriles is 1. The van der Waals surface area contributed by atoms with Gasteiger partial charge in [-0.25, -0.2) is 14.5 Å². The molecule has 1 aromatic carbocycles. The number of imidazole rings is 1. The third-order valence-corrected chi connectivity index (χ3v) is 4.58. The summed E-state index contributed by atoms with van der Waals surface area (Å²) in [5.41, 5.74) is 8.24. The van der Waals surface area contributed by atoms with Crippen LogP contribution in [0, 0.1) is 18.3 Å². The summed E-state index contributed by atoms with van der Waals surface area (Å²) in [5, 5.41) is 13.9. The van der Waals surface area contributed by atoms with E-state index in [1.165, 1.54) is 4.68 Å². The normalized spacial score (nSPS) is 14.8. The van der Waals surface area contributed by atoms with Gasteiger partial charge in [-0.15, -0.1) is 0 Å². The summed E-state index contributed by atoms with van der Waals surface area (Å²) >= 11 is 0. The number of hydrogen-bond donors (Lipinski definition) is 1. The molecular formula is C21H27N7O2. The van der Waals surface area contributed by atoms with E-state index in [0.717, 1.165) is 16.9 Å². The van der Waals surface area contributed by atoms with Crippen molar-refractivity contribution >= 4 is 23.9 Å². The Bertz CT molecular complexity index is 990. The lowest BCUT2D eigenvalue weighted by molar-refractivity contribution is 0.0240. The number of nitrogens with zero attached hydrogens (tertiary/aromatic N) is 6. The first-order valence-corrected chi connectivity index (χ1v) is 9.79. The molecular weight excluding hydrogens is 382 g/mol. The average molecular weight is 409 g/mol. The van der Waals surface area contributed by atoms with Crippen LogP contribution in [-0.2, 0) is 4.74 Å². The molecule has 1 aliphatic heterocycles. The van der Waals surface area contributed by atoms with Crippen molar-refractivity contribution in [2.24, 2.45) is 5.10 Å². The van der Waals surface area contributed by atoms with Crippen LogP contribution >= 0.6 is 0 Å². The largest absolute Gasteiger partial charge is 0.444 e. The highest BCUT2D eigenvalue weighted by atomic mass is 16.6. The van der Waals surface area contributed by atoms with Gasteiger partial charge in [0.2, 0.25) is 5.95 Å². The molecule has 30 heavy (non-hydrogen) atoms. The van der Waals surface area contributed by atoms with Crippen LogP contribution in [-0.4, -0.2) is 58.6 Å². The minimum Gasteiger partial charge on any atom is -0.444 e. The van der Waals surface area contributed by atoms with Gasteiger partial charge in [0.15, 0.2) is 0 Å². The summed E-state index contributed by atoms with van der Waals surface area (Å²) in [4.78, 5) is 20.2. The maximum Gasteiger partial charge on any atom is 0.410 e. The SMILES string of the molecule is Cc1cn(N=Cc2ccc(N3CCN(C(=O)OC(C)(C)C)CC3)c(C#N)c2)c(N)n1. The van der Waals surface area contributed by atoms with Gasteiger partial charge in [0.05, 0.1) is 29.4 Å². The minimum atomic E-state index is -0.514. The molecule has 158 valence electrons. The summed E-state index contributed by atoms with van der Waals surface area (Å²) in [6.45, 7) is 9.75. The van der Waals surface area contributed by atoms with E-state index in [-0.39, 0.29) is 6.09 Å². The van der Waals surface area contributed by atoms with E-state index in [0.29, 0.717) is 37.7 Å². The number of benzene rings is 1. The Kier molecular flexibility index (Phi) is 5.96. The zero-order chi connectivity index (χ0) is 21.9. The first kappa shape index (κ1) is 21.2. The number of nitrogen functional groups attached to an aromatic ring is 1. The molecule has 1 aromatic heterocycles. The van der Waals surface area contributed by atoms with Crippen molar-refractivity contribution < 1.29 is 9.53 Å². The van der Waals surface area contributed by atoms with Crippen LogP contribution in [0.25, 0.3) is 0 Å². The van der Waals surface area contributed by atoms with E-state index in [2.05, 4.69) is 21.1 Å². The molecule has 2 aromatic rings. The molecule has 1 aliphatic rings. The van der Waals surface area contributed by atoms with Crippen LogP contribution in [0.1, 0.15) is 37.6 Å². The van der Waals surface area contributed by atoms with Crippen molar-refractivity contribution in [3.05, 3.63) is 41.2 Å². The molecule has 0 radical (unpaired) electrons. The van der Waals surface area contributed by atoms with Gasteiger partial charge in [0, 0.05) is 26.2 Å².